The Morgan fingerprint density at radius 2 is 2.15 bits per heavy atom. The van der Waals surface area contributed by atoms with E-state index in [4.69, 9.17) is 11.6 Å². The zero-order valence-electron chi connectivity index (χ0n) is 11.2. The average Bonchev–Trinajstić information content (AvgIpc) is 2.84. The van der Waals surface area contributed by atoms with E-state index < -0.39 is 0 Å². The molecule has 0 aliphatic heterocycles. The fourth-order valence-electron chi connectivity index (χ4n) is 1.58. The highest BCUT2D eigenvalue weighted by atomic mass is 35.5. The van der Waals surface area contributed by atoms with Gasteiger partial charge in [-0.15, -0.1) is 10.2 Å². The van der Waals surface area contributed by atoms with Crippen LogP contribution in [0.15, 0.2) is 35.7 Å². The van der Waals surface area contributed by atoms with Crippen molar-refractivity contribution in [3.8, 4) is 0 Å². The number of aromatic nitrogens is 3. The molecule has 106 valence electrons. The van der Waals surface area contributed by atoms with Crippen LogP contribution in [-0.4, -0.2) is 25.9 Å². The molecule has 2 aromatic rings. The van der Waals surface area contributed by atoms with E-state index >= 15 is 0 Å². The summed E-state index contributed by atoms with van der Waals surface area (Å²) < 4.78 is 1.79. The maximum Gasteiger partial charge on any atom is 0.237 e. The Labute approximate surface area is 126 Å². The maximum atomic E-state index is 12.2. The van der Waals surface area contributed by atoms with Gasteiger partial charge in [0.1, 0.15) is 6.33 Å². The quantitative estimate of drug-likeness (QED) is 0.863. The van der Waals surface area contributed by atoms with E-state index in [1.807, 2.05) is 14.0 Å². The molecule has 0 saturated heterocycles. The Morgan fingerprint density at radius 3 is 2.70 bits per heavy atom. The lowest BCUT2D eigenvalue weighted by Crippen LogP contribution is -2.24. The highest BCUT2D eigenvalue weighted by molar-refractivity contribution is 8.00. The molecule has 0 radical (unpaired) electrons. The number of carbonyl (C=O) groups excluding carboxylic acids is 1. The van der Waals surface area contributed by atoms with Crippen LogP contribution in [0.5, 0.6) is 0 Å². The number of halogens is 1. The summed E-state index contributed by atoms with van der Waals surface area (Å²) in [5.41, 5.74) is 0.733. The molecule has 0 unspecified atom stereocenters. The highest BCUT2D eigenvalue weighted by Gasteiger charge is 2.20. The number of hydrogen-bond acceptors (Lipinski definition) is 4. The van der Waals surface area contributed by atoms with Crippen LogP contribution < -0.4 is 5.32 Å². The van der Waals surface area contributed by atoms with Gasteiger partial charge < -0.3 is 9.88 Å². The minimum Gasteiger partial charge on any atom is -0.325 e. The van der Waals surface area contributed by atoms with E-state index in [-0.39, 0.29) is 11.2 Å². The Kier molecular flexibility index (Phi) is 5.03. The number of hydrogen-bond donors (Lipinski definition) is 1. The summed E-state index contributed by atoms with van der Waals surface area (Å²) >= 11 is 7.22. The van der Waals surface area contributed by atoms with Crippen LogP contribution in [0.1, 0.15) is 13.3 Å². The van der Waals surface area contributed by atoms with Crippen molar-refractivity contribution in [1.29, 1.82) is 0 Å². The van der Waals surface area contributed by atoms with Gasteiger partial charge in [-0.25, -0.2) is 0 Å². The predicted octanol–water partition coefficient (Wildman–Crippen LogP) is 2.98. The fraction of sp³-hybridized carbons (Fsp3) is 0.308. The van der Waals surface area contributed by atoms with Crippen molar-refractivity contribution in [2.24, 2.45) is 7.05 Å². The molecule has 0 saturated carbocycles. The first-order valence-electron chi connectivity index (χ1n) is 6.17. The fourth-order valence-corrected chi connectivity index (χ4v) is 2.61. The van der Waals surface area contributed by atoms with Crippen LogP contribution >= 0.6 is 23.4 Å². The van der Waals surface area contributed by atoms with E-state index in [2.05, 4.69) is 15.5 Å². The van der Waals surface area contributed by atoms with Gasteiger partial charge in [0.2, 0.25) is 5.91 Å². The second-order valence-electron chi connectivity index (χ2n) is 4.24. The number of rotatable bonds is 5. The summed E-state index contributed by atoms with van der Waals surface area (Å²) in [6, 6.07) is 7.04. The van der Waals surface area contributed by atoms with Gasteiger partial charge in [-0.3, -0.25) is 4.79 Å². The molecule has 1 heterocycles. The first-order chi connectivity index (χ1) is 9.60. The van der Waals surface area contributed by atoms with Crippen LogP contribution in [0, 0.1) is 0 Å². The molecular formula is C13H15ClN4OS. The number of nitrogens with one attached hydrogen (secondary N) is 1. The van der Waals surface area contributed by atoms with Gasteiger partial charge in [-0.2, -0.15) is 0 Å². The summed E-state index contributed by atoms with van der Waals surface area (Å²) in [7, 11) is 1.85. The molecule has 1 atom stereocenters. The molecule has 0 aliphatic rings. The lowest BCUT2D eigenvalue weighted by atomic mass is 10.3. The van der Waals surface area contributed by atoms with E-state index in [1.54, 1.807) is 35.2 Å². The van der Waals surface area contributed by atoms with E-state index in [0.29, 0.717) is 11.4 Å². The summed E-state index contributed by atoms with van der Waals surface area (Å²) in [4.78, 5) is 12.2. The summed E-state index contributed by atoms with van der Waals surface area (Å²) in [5, 5.41) is 11.8. The normalized spacial score (nSPS) is 12.2. The standard InChI is InChI=1S/C13H15ClN4OS/c1-3-11(20-13-17-15-8-18(13)2)12(19)16-10-6-4-9(14)5-7-10/h4-8,11H,3H2,1-2H3,(H,16,19)/t11-/m0/s1. The molecule has 5 nitrogen and oxygen atoms in total. The zero-order valence-corrected chi connectivity index (χ0v) is 12.8. The van der Waals surface area contributed by atoms with Crippen LogP contribution in [0.3, 0.4) is 0 Å². The zero-order chi connectivity index (χ0) is 14.5. The van der Waals surface area contributed by atoms with Gasteiger partial charge in [-0.05, 0) is 30.7 Å². The SMILES string of the molecule is CC[C@H](Sc1nncn1C)C(=O)Nc1ccc(Cl)cc1. The third-order valence-corrected chi connectivity index (χ3v) is 4.36. The first-order valence-corrected chi connectivity index (χ1v) is 7.43. The monoisotopic (exact) mass is 310 g/mol. The van der Waals surface area contributed by atoms with Gasteiger partial charge in [-0.1, -0.05) is 30.3 Å². The number of carbonyl (C=O) groups is 1. The minimum absolute atomic E-state index is 0.0529. The van der Waals surface area contributed by atoms with Crippen molar-refractivity contribution in [1.82, 2.24) is 14.8 Å². The Morgan fingerprint density at radius 1 is 1.45 bits per heavy atom. The van der Waals surface area contributed by atoms with E-state index in [1.165, 1.54) is 11.8 Å². The van der Waals surface area contributed by atoms with Gasteiger partial charge in [0.15, 0.2) is 5.16 Å². The van der Waals surface area contributed by atoms with Crippen LogP contribution in [0.4, 0.5) is 5.69 Å². The van der Waals surface area contributed by atoms with Crippen LogP contribution in [0.25, 0.3) is 0 Å². The molecule has 1 amide bonds. The molecule has 1 aromatic heterocycles. The number of nitrogens with zero attached hydrogens (tertiary/aromatic N) is 3. The number of aryl methyl sites for hydroxylation is 1. The molecule has 0 fully saturated rings. The molecular weight excluding hydrogens is 296 g/mol. The Bertz CT molecular complexity index is 584. The van der Waals surface area contributed by atoms with E-state index in [9.17, 15) is 4.79 Å². The summed E-state index contributed by atoms with van der Waals surface area (Å²) in [6.07, 6.45) is 2.32. The third-order valence-electron chi connectivity index (χ3n) is 2.69. The lowest BCUT2D eigenvalue weighted by Gasteiger charge is -2.14. The Balaban J connectivity index is 2.02. The molecule has 2 rings (SSSR count). The van der Waals surface area contributed by atoms with Crippen molar-refractivity contribution in [2.75, 3.05) is 5.32 Å². The van der Waals surface area contributed by atoms with Gasteiger partial charge in [0.25, 0.3) is 0 Å². The molecule has 0 bridgehead atoms. The molecule has 0 spiro atoms. The van der Waals surface area contributed by atoms with Gasteiger partial charge in [0.05, 0.1) is 5.25 Å². The van der Waals surface area contributed by atoms with Crippen molar-refractivity contribution >= 4 is 35.0 Å². The second-order valence-corrected chi connectivity index (χ2v) is 5.84. The van der Waals surface area contributed by atoms with Crippen molar-refractivity contribution in [3.05, 3.63) is 35.6 Å². The predicted molar refractivity (Wildman–Crippen MR) is 81.0 cm³/mol. The molecule has 1 aromatic carbocycles. The van der Waals surface area contributed by atoms with Crippen LogP contribution in [-0.2, 0) is 11.8 Å². The average molecular weight is 311 g/mol. The van der Waals surface area contributed by atoms with Gasteiger partial charge >= 0.3 is 0 Å². The first kappa shape index (κ1) is 14.9. The molecule has 7 heteroatoms. The smallest absolute Gasteiger partial charge is 0.237 e. The molecule has 0 aliphatic carbocycles. The van der Waals surface area contributed by atoms with Crippen LogP contribution in [0.2, 0.25) is 5.02 Å². The van der Waals surface area contributed by atoms with Gasteiger partial charge in [0, 0.05) is 17.8 Å². The topological polar surface area (TPSA) is 59.8 Å². The summed E-state index contributed by atoms with van der Waals surface area (Å²) in [5.74, 6) is -0.0529. The maximum absolute atomic E-state index is 12.2. The van der Waals surface area contributed by atoms with E-state index in [0.717, 1.165) is 10.8 Å². The largest absolute Gasteiger partial charge is 0.325 e. The Hall–Kier alpha value is -1.53. The minimum atomic E-state index is -0.214. The molecule has 1 N–H and O–H groups in total. The number of thioether (sulfide) groups is 1. The van der Waals surface area contributed by atoms with Crippen molar-refractivity contribution in [2.45, 2.75) is 23.8 Å². The third kappa shape index (κ3) is 3.74. The van der Waals surface area contributed by atoms with Crippen molar-refractivity contribution < 1.29 is 4.79 Å². The lowest BCUT2D eigenvalue weighted by molar-refractivity contribution is -0.115. The number of amides is 1. The molecule has 20 heavy (non-hydrogen) atoms. The number of anilines is 1. The highest BCUT2D eigenvalue weighted by Crippen LogP contribution is 2.24. The summed E-state index contributed by atoms with van der Waals surface area (Å²) in [6.45, 7) is 1.97. The second kappa shape index (κ2) is 6.76. The number of benzene rings is 1. The van der Waals surface area contributed by atoms with Crippen molar-refractivity contribution in [3.63, 3.8) is 0 Å².